The Labute approximate surface area is 73.0 Å². The fourth-order valence-electron chi connectivity index (χ4n) is 0.491. The smallest absolute Gasteiger partial charge is 0.322 e. The summed E-state index contributed by atoms with van der Waals surface area (Å²) in [6.45, 7) is 0. The highest BCUT2D eigenvalue weighted by atomic mass is 79.9. The molecule has 0 saturated carbocycles. The van der Waals surface area contributed by atoms with Crippen molar-refractivity contribution >= 4 is 28.2 Å². The summed E-state index contributed by atoms with van der Waals surface area (Å²) in [5.41, 5.74) is 0. The van der Waals surface area contributed by atoms with E-state index in [-0.39, 0.29) is 0 Å². The Kier molecular flexibility index (Phi) is 5.06. The van der Waals surface area contributed by atoms with Gasteiger partial charge < -0.3 is 14.3 Å². The van der Waals surface area contributed by atoms with E-state index in [4.69, 9.17) is 0 Å². The van der Waals surface area contributed by atoms with Crippen LogP contribution in [0.2, 0.25) is 0 Å². The lowest BCUT2D eigenvalue weighted by atomic mass is 10.3. The Bertz CT molecular complexity index is 148. The predicted molar refractivity (Wildman–Crippen MR) is 41.6 cm³/mol. The minimum atomic E-state index is -0.789. The molecule has 0 saturated heterocycles. The number of methoxy groups -OCH3 is 2. The van der Waals surface area contributed by atoms with Crippen molar-refractivity contribution in [3.63, 3.8) is 0 Å². The fraction of sp³-hybridized carbons (Fsp3) is 0.667. The van der Waals surface area contributed by atoms with Gasteiger partial charge >= 0.3 is 5.97 Å². The number of carbonyl (C=O) groups is 2. The molecule has 0 aliphatic carbocycles. The van der Waals surface area contributed by atoms with Gasteiger partial charge in [-0.2, -0.15) is 0 Å². The molecule has 0 aliphatic rings. The molecule has 11 heavy (non-hydrogen) atoms. The van der Waals surface area contributed by atoms with Crippen molar-refractivity contribution < 1.29 is 19.1 Å². The number of rotatable bonds is 4. The fourth-order valence-corrected chi connectivity index (χ4v) is 1.02. The molecule has 0 aliphatic heterocycles. The molecule has 2 atom stereocenters. The lowest BCUT2D eigenvalue weighted by Gasteiger charge is -2.12. The number of halogens is 1. The molecule has 2 unspecified atom stereocenters. The number of alkyl halides is 1. The normalized spacial score (nSPS) is 15.2. The van der Waals surface area contributed by atoms with Crippen LogP contribution >= 0.6 is 15.9 Å². The van der Waals surface area contributed by atoms with Crippen LogP contribution in [0, 0.1) is 0 Å². The maximum atomic E-state index is 10.8. The molecule has 5 heteroatoms. The maximum absolute atomic E-state index is 10.8. The first-order valence-corrected chi connectivity index (χ1v) is 3.79. The number of esters is 1. The van der Waals surface area contributed by atoms with Crippen molar-refractivity contribution in [3.8, 4) is 0 Å². The van der Waals surface area contributed by atoms with Crippen molar-refractivity contribution in [2.24, 2.45) is 0 Å². The molecular formula is C6H9BrO4. The molecule has 64 valence electrons. The number of hydrogen-bond donors (Lipinski definition) is 0. The molecule has 0 aromatic carbocycles. The predicted octanol–water partition coefficient (Wildman–Crippen LogP) is 0.137. The van der Waals surface area contributed by atoms with Crippen molar-refractivity contribution in [1.82, 2.24) is 0 Å². The van der Waals surface area contributed by atoms with Gasteiger partial charge in [0, 0.05) is 7.11 Å². The molecule has 0 bridgehead atoms. The summed E-state index contributed by atoms with van der Waals surface area (Å²) in [7, 11) is 2.59. The minimum absolute atomic E-state index is 0.524. The Morgan fingerprint density at radius 3 is 2.36 bits per heavy atom. The summed E-state index contributed by atoms with van der Waals surface area (Å²) >= 11 is 2.96. The van der Waals surface area contributed by atoms with Gasteiger partial charge in [0.2, 0.25) is 0 Å². The third kappa shape index (κ3) is 2.98. The minimum Gasteiger partial charge on any atom is -0.468 e. The van der Waals surface area contributed by atoms with E-state index in [0.717, 1.165) is 0 Å². The number of carbonyl (C=O) groups excluding carboxylic acids is 2. The second kappa shape index (κ2) is 5.26. The van der Waals surface area contributed by atoms with Crippen LogP contribution in [0.3, 0.4) is 0 Å². The van der Waals surface area contributed by atoms with E-state index in [0.29, 0.717) is 6.29 Å². The second-order valence-corrected chi connectivity index (χ2v) is 2.75. The van der Waals surface area contributed by atoms with E-state index in [1.165, 1.54) is 14.2 Å². The molecule has 0 aromatic rings. The molecule has 0 amide bonds. The van der Waals surface area contributed by atoms with Crippen LogP contribution in [0.4, 0.5) is 0 Å². The SMILES string of the molecule is COC(=O)C(Br)C(C=O)OC. The molecule has 0 radical (unpaired) electrons. The van der Waals surface area contributed by atoms with E-state index >= 15 is 0 Å². The van der Waals surface area contributed by atoms with Crippen LogP contribution < -0.4 is 0 Å². The van der Waals surface area contributed by atoms with Crippen LogP contribution in [0.15, 0.2) is 0 Å². The summed E-state index contributed by atoms with van der Waals surface area (Å²) < 4.78 is 9.04. The van der Waals surface area contributed by atoms with Crippen molar-refractivity contribution in [2.45, 2.75) is 10.9 Å². The first kappa shape index (κ1) is 10.6. The van der Waals surface area contributed by atoms with Gasteiger partial charge in [0.25, 0.3) is 0 Å². The van der Waals surface area contributed by atoms with Crippen LogP contribution in [0.1, 0.15) is 0 Å². The van der Waals surface area contributed by atoms with E-state index in [1.807, 2.05) is 0 Å². The first-order valence-electron chi connectivity index (χ1n) is 2.87. The average Bonchev–Trinajstić information content (AvgIpc) is 2.05. The van der Waals surface area contributed by atoms with Gasteiger partial charge in [0.1, 0.15) is 10.9 Å². The molecule has 0 rings (SSSR count). The molecular weight excluding hydrogens is 216 g/mol. The topological polar surface area (TPSA) is 52.6 Å². The number of aldehydes is 1. The molecule has 0 fully saturated rings. The van der Waals surface area contributed by atoms with Crippen molar-refractivity contribution in [3.05, 3.63) is 0 Å². The van der Waals surface area contributed by atoms with Crippen molar-refractivity contribution in [2.75, 3.05) is 14.2 Å². The zero-order chi connectivity index (χ0) is 8.85. The maximum Gasteiger partial charge on any atom is 0.322 e. The third-order valence-corrected chi connectivity index (χ3v) is 2.02. The highest BCUT2D eigenvalue weighted by Crippen LogP contribution is 2.08. The largest absolute Gasteiger partial charge is 0.468 e. The zero-order valence-corrected chi connectivity index (χ0v) is 7.83. The van der Waals surface area contributed by atoms with Crippen LogP contribution in [0.5, 0.6) is 0 Å². The van der Waals surface area contributed by atoms with Gasteiger partial charge in [-0.1, -0.05) is 15.9 Å². The Hall–Kier alpha value is -0.420. The average molecular weight is 225 g/mol. The Morgan fingerprint density at radius 1 is 1.55 bits per heavy atom. The third-order valence-electron chi connectivity index (χ3n) is 1.12. The molecule has 0 N–H and O–H groups in total. The van der Waals surface area contributed by atoms with Crippen molar-refractivity contribution in [1.29, 1.82) is 0 Å². The first-order chi connectivity index (χ1) is 5.17. The summed E-state index contributed by atoms with van der Waals surface area (Å²) in [5.74, 6) is -0.524. The standard InChI is InChI=1S/C6H9BrO4/c1-10-4(3-8)5(7)6(9)11-2/h3-5H,1-2H3. The van der Waals surface area contributed by atoms with Gasteiger partial charge in [0.05, 0.1) is 7.11 Å². The molecule has 0 aromatic heterocycles. The van der Waals surface area contributed by atoms with Gasteiger partial charge in [0.15, 0.2) is 6.29 Å². The molecule has 0 heterocycles. The second-order valence-electron chi connectivity index (χ2n) is 1.76. The molecule has 4 nitrogen and oxygen atoms in total. The van der Waals surface area contributed by atoms with Gasteiger partial charge in [-0.3, -0.25) is 4.79 Å². The van der Waals surface area contributed by atoms with E-state index < -0.39 is 16.9 Å². The monoisotopic (exact) mass is 224 g/mol. The zero-order valence-electron chi connectivity index (χ0n) is 6.24. The Morgan fingerprint density at radius 2 is 2.09 bits per heavy atom. The van der Waals surface area contributed by atoms with E-state index in [2.05, 4.69) is 25.4 Å². The quantitative estimate of drug-likeness (QED) is 0.388. The highest BCUT2D eigenvalue weighted by molar-refractivity contribution is 9.10. The van der Waals surface area contributed by atoms with Gasteiger partial charge in [-0.25, -0.2) is 0 Å². The number of ether oxygens (including phenoxy) is 2. The summed E-state index contributed by atoms with van der Waals surface area (Å²) in [6.07, 6.45) is -0.251. The van der Waals surface area contributed by atoms with Crippen LogP contribution in [0.25, 0.3) is 0 Å². The Balaban J connectivity index is 4.07. The summed E-state index contributed by atoms with van der Waals surface area (Å²) in [4.78, 5) is 20.3. The van der Waals surface area contributed by atoms with Gasteiger partial charge in [-0.15, -0.1) is 0 Å². The van der Waals surface area contributed by atoms with E-state index in [9.17, 15) is 9.59 Å². The highest BCUT2D eigenvalue weighted by Gasteiger charge is 2.25. The number of hydrogen-bond acceptors (Lipinski definition) is 4. The van der Waals surface area contributed by atoms with Crippen LogP contribution in [-0.2, 0) is 19.1 Å². The van der Waals surface area contributed by atoms with Crippen LogP contribution in [-0.4, -0.2) is 37.4 Å². The van der Waals surface area contributed by atoms with Gasteiger partial charge in [-0.05, 0) is 0 Å². The lowest BCUT2D eigenvalue weighted by molar-refractivity contribution is -0.143. The summed E-state index contributed by atoms with van der Waals surface area (Å²) in [6, 6.07) is 0. The van der Waals surface area contributed by atoms with E-state index in [1.54, 1.807) is 0 Å². The molecule has 0 spiro atoms. The summed E-state index contributed by atoms with van der Waals surface area (Å²) in [5, 5.41) is 0. The lowest BCUT2D eigenvalue weighted by Crippen LogP contribution is -2.32.